The maximum atomic E-state index is 11.0. The van der Waals surface area contributed by atoms with Gasteiger partial charge >= 0.3 is 0 Å². The first kappa shape index (κ1) is 13.8. The number of hydrogen-bond donors (Lipinski definition) is 2. The van der Waals surface area contributed by atoms with Crippen LogP contribution in [0.15, 0.2) is 0 Å². The van der Waals surface area contributed by atoms with Gasteiger partial charge in [-0.2, -0.15) is 10.5 Å². The molecule has 0 spiro atoms. The number of hydrogen-bond acceptors (Lipinski definition) is 6. The van der Waals surface area contributed by atoms with Crippen LogP contribution in [0.25, 0.3) is 0 Å². The Morgan fingerprint density at radius 3 is 1.47 bits per heavy atom. The third kappa shape index (κ3) is 6.82. The van der Waals surface area contributed by atoms with Crippen molar-refractivity contribution in [1.82, 2.24) is 9.44 Å². The molecular weight excluding hydrogens is 244 g/mol. The van der Waals surface area contributed by atoms with Gasteiger partial charge in [-0.15, -0.1) is 0 Å². The summed E-state index contributed by atoms with van der Waals surface area (Å²) in [5, 5.41) is 15.0. The van der Waals surface area contributed by atoms with E-state index in [1.165, 1.54) is 12.1 Å². The molecule has 0 bridgehead atoms. The average molecular weight is 252 g/mol. The Balaban J connectivity index is 4.48. The van der Waals surface area contributed by atoms with E-state index in [0.717, 1.165) is 0 Å². The Morgan fingerprint density at radius 2 is 1.20 bits per heavy atom. The largest absolute Gasteiger partial charge is 0.228 e. The molecule has 15 heavy (non-hydrogen) atoms. The number of nitriles is 2. The van der Waals surface area contributed by atoms with Gasteiger partial charge < -0.3 is 0 Å². The lowest BCUT2D eigenvalue weighted by Crippen LogP contribution is -2.36. The first-order valence-corrected chi connectivity index (χ1v) is 6.82. The van der Waals surface area contributed by atoms with Gasteiger partial charge in [0.1, 0.15) is 0 Å². The van der Waals surface area contributed by atoms with Crippen LogP contribution in [0.1, 0.15) is 0 Å². The third-order valence-corrected chi connectivity index (χ3v) is 4.70. The lowest BCUT2D eigenvalue weighted by Gasteiger charge is -2.04. The van der Waals surface area contributed by atoms with Crippen LogP contribution in [-0.2, 0) is 20.0 Å². The first-order chi connectivity index (χ1) is 6.83. The average Bonchev–Trinajstić information content (AvgIpc) is 2.10. The smallest absolute Gasteiger partial charge is 0.211 e. The summed E-state index contributed by atoms with van der Waals surface area (Å²) in [6, 6.07) is 2.99. The second kappa shape index (κ2) is 5.63. The molecule has 0 rings (SSSR count). The van der Waals surface area contributed by atoms with Crippen LogP contribution in [0.4, 0.5) is 0 Å². The van der Waals surface area contributed by atoms with Gasteiger partial charge in [-0.25, -0.2) is 26.3 Å². The molecule has 0 aromatic rings. The number of rotatable bonds is 6. The van der Waals surface area contributed by atoms with E-state index in [2.05, 4.69) is 0 Å². The highest BCUT2D eigenvalue weighted by atomic mass is 32.3. The molecule has 0 fully saturated rings. The summed E-state index contributed by atoms with van der Waals surface area (Å²) < 4.78 is 47.5. The molecule has 8 nitrogen and oxygen atoms in total. The number of sulfonamides is 2. The molecule has 0 aliphatic heterocycles. The second-order valence-corrected chi connectivity index (χ2v) is 6.28. The van der Waals surface area contributed by atoms with E-state index in [-0.39, 0.29) is 0 Å². The molecule has 0 saturated heterocycles. The van der Waals surface area contributed by atoms with E-state index in [9.17, 15) is 16.8 Å². The number of nitrogens with one attached hydrogen (secondary N) is 2. The second-order valence-electron chi connectivity index (χ2n) is 2.31. The highest BCUT2D eigenvalue weighted by molar-refractivity contribution is 8.06. The summed E-state index contributed by atoms with van der Waals surface area (Å²) in [5.41, 5.74) is 0. The molecule has 0 atom stereocenters. The summed E-state index contributed by atoms with van der Waals surface area (Å²) in [4.78, 5) is 0. The van der Waals surface area contributed by atoms with Crippen molar-refractivity contribution in [3.8, 4) is 12.1 Å². The van der Waals surface area contributed by atoms with Gasteiger partial charge in [-0.1, -0.05) is 0 Å². The topological polar surface area (TPSA) is 140 Å². The van der Waals surface area contributed by atoms with Crippen molar-refractivity contribution in [1.29, 1.82) is 10.5 Å². The predicted octanol–water partition coefficient (Wildman–Crippen LogP) is -2.17. The molecule has 0 unspecified atom stereocenters. The van der Waals surface area contributed by atoms with Crippen LogP contribution in [0.5, 0.6) is 0 Å². The maximum absolute atomic E-state index is 11.0. The van der Waals surface area contributed by atoms with Crippen molar-refractivity contribution in [3.63, 3.8) is 0 Å². The molecule has 0 aliphatic carbocycles. The number of nitrogens with zero attached hydrogens (tertiary/aromatic N) is 2. The molecule has 10 heteroatoms. The Bertz CT molecular complexity index is 434. The first-order valence-electron chi connectivity index (χ1n) is 3.51. The molecule has 2 N–H and O–H groups in total. The zero-order valence-corrected chi connectivity index (χ0v) is 9.10. The fraction of sp³-hybridized carbons (Fsp3) is 0.600. The zero-order chi connectivity index (χ0) is 11.9. The van der Waals surface area contributed by atoms with E-state index in [1.54, 1.807) is 9.44 Å². The van der Waals surface area contributed by atoms with Crippen molar-refractivity contribution < 1.29 is 16.8 Å². The Labute approximate surface area is 87.6 Å². The summed E-state index contributed by atoms with van der Waals surface area (Å²) >= 11 is 0. The summed E-state index contributed by atoms with van der Waals surface area (Å²) in [7, 11) is -8.13. The van der Waals surface area contributed by atoms with Gasteiger partial charge in [0.15, 0.2) is 5.08 Å². The van der Waals surface area contributed by atoms with Gasteiger partial charge in [0, 0.05) is 0 Å². The molecule has 0 saturated carbocycles. The van der Waals surface area contributed by atoms with Gasteiger partial charge in [-0.3, -0.25) is 0 Å². The molecule has 84 valence electrons. The molecule has 0 aromatic carbocycles. The van der Waals surface area contributed by atoms with Crippen molar-refractivity contribution in [2.45, 2.75) is 0 Å². The van der Waals surface area contributed by atoms with E-state index in [1.807, 2.05) is 0 Å². The van der Waals surface area contributed by atoms with E-state index >= 15 is 0 Å². The van der Waals surface area contributed by atoms with Gasteiger partial charge in [0.25, 0.3) is 0 Å². The van der Waals surface area contributed by atoms with E-state index in [4.69, 9.17) is 10.5 Å². The summed E-state index contributed by atoms with van der Waals surface area (Å²) in [6.07, 6.45) is 0. The van der Waals surface area contributed by atoms with Crippen LogP contribution < -0.4 is 9.44 Å². The van der Waals surface area contributed by atoms with Crippen molar-refractivity contribution in [2.24, 2.45) is 0 Å². The SMILES string of the molecule is N#CCNS(=O)(=O)CS(=O)(=O)NCC#N. The van der Waals surface area contributed by atoms with Crippen molar-refractivity contribution >= 4 is 20.0 Å². The molecule has 0 amide bonds. The molecule has 0 aromatic heterocycles. The molecule has 0 heterocycles. The highest BCUT2D eigenvalue weighted by Gasteiger charge is 2.20. The molecule has 0 aliphatic rings. The van der Waals surface area contributed by atoms with Crippen molar-refractivity contribution in [3.05, 3.63) is 0 Å². The molecular formula is C5H8N4O4S2. The fourth-order valence-corrected chi connectivity index (χ4v) is 3.44. The highest BCUT2D eigenvalue weighted by Crippen LogP contribution is 1.91. The van der Waals surface area contributed by atoms with Crippen LogP contribution in [0.2, 0.25) is 0 Å². The predicted molar refractivity (Wildman–Crippen MR) is 49.9 cm³/mol. The van der Waals surface area contributed by atoms with Crippen LogP contribution in [-0.4, -0.2) is 35.0 Å². The van der Waals surface area contributed by atoms with Gasteiger partial charge in [0.05, 0.1) is 25.2 Å². The van der Waals surface area contributed by atoms with E-state index < -0.39 is 38.2 Å². The minimum absolute atomic E-state index is 0.504. The van der Waals surface area contributed by atoms with Gasteiger partial charge in [-0.05, 0) is 0 Å². The van der Waals surface area contributed by atoms with E-state index in [0.29, 0.717) is 0 Å². The standard InChI is InChI=1S/C5H8N4O4S2/c6-1-3-8-14(10,11)5-15(12,13)9-4-2-7/h8-9H,3-5H2. The Kier molecular flexibility index (Phi) is 5.18. The van der Waals surface area contributed by atoms with Crippen LogP contribution in [0.3, 0.4) is 0 Å². The monoisotopic (exact) mass is 252 g/mol. The Morgan fingerprint density at radius 1 is 0.867 bits per heavy atom. The Hall–Kier alpha value is -1.20. The normalized spacial score (nSPS) is 11.6. The van der Waals surface area contributed by atoms with Gasteiger partial charge in [0.2, 0.25) is 20.0 Å². The lowest BCUT2D eigenvalue weighted by molar-refractivity contribution is 0.578. The maximum Gasteiger partial charge on any atom is 0.228 e. The third-order valence-electron chi connectivity index (χ3n) is 1.05. The molecule has 0 radical (unpaired) electrons. The lowest BCUT2D eigenvalue weighted by atomic mass is 10.8. The quantitative estimate of drug-likeness (QED) is 0.515. The van der Waals surface area contributed by atoms with Crippen molar-refractivity contribution in [2.75, 3.05) is 18.2 Å². The van der Waals surface area contributed by atoms with Crippen LogP contribution in [0, 0.1) is 22.7 Å². The zero-order valence-electron chi connectivity index (χ0n) is 7.47. The minimum atomic E-state index is -4.06. The van der Waals surface area contributed by atoms with Crippen LogP contribution >= 0.6 is 0 Å². The minimum Gasteiger partial charge on any atom is -0.211 e. The summed E-state index contributed by atoms with van der Waals surface area (Å²) in [5.74, 6) is 0. The summed E-state index contributed by atoms with van der Waals surface area (Å²) in [6.45, 7) is -1.01. The fourth-order valence-electron chi connectivity index (χ4n) is 0.572.